The van der Waals surface area contributed by atoms with Gasteiger partial charge in [-0.25, -0.2) is 9.97 Å². The summed E-state index contributed by atoms with van der Waals surface area (Å²) in [4.78, 5) is 18.4. The maximum absolute atomic E-state index is 6.55. The van der Waals surface area contributed by atoms with E-state index in [1.54, 1.807) is 0 Å². The van der Waals surface area contributed by atoms with Gasteiger partial charge in [-0.15, -0.1) is 0 Å². The van der Waals surface area contributed by atoms with Crippen molar-refractivity contribution in [3.63, 3.8) is 0 Å². The van der Waals surface area contributed by atoms with Crippen molar-refractivity contribution in [2.24, 2.45) is 0 Å². The summed E-state index contributed by atoms with van der Waals surface area (Å²) in [5.74, 6) is 4.60. The first kappa shape index (κ1) is 31.5. The third-order valence-electron chi connectivity index (χ3n) is 9.88. The Morgan fingerprint density at radius 2 is 0.926 bits per heavy atom. The number of benzene rings is 4. The van der Waals surface area contributed by atoms with Crippen LogP contribution >= 0.6 is 0 Å². The summed E-state index contributed by atoms with van der Waals surface area (Å²) in [6.07, 6.45) is 12.0. The molecule has 0 saturated heterocycles. The molecule has 0 atom stereocenters. The summed E-state index contributed by atoms with van der Waals surface area (Å²) < 4.78 is 17.6. The maximum Gasteiger partial charge on any atom is 0.137 e. The van der Waals surface area contributed by atoms with E-state index in [4.69, 9.17) is 19.4 Å². The zero-order valence-electron chi connectivity index (χ0n) is 29.8. The van der Waals surface area contributed by atoms with E-state index < -0.39 is 0 Å². The lowest BCUT2D eigenvalue weighted by molar-refractivity contribution is 0.481. The number of hydrogen-bond donors (Lipinski definition) is 0. The van der Waals surface area contributed by atoms with Crippen LogP contribution in [0.15, 0.2) is 159 Å². The first-order chi connectivity index (χ1) is 26.6. The standard InChI is InChI=1S/C44H36N8O2/c1-47-21-23-49(29-47)31-9-7-11-33(25-31)53-35-15-17-37-39(27-35)51(41-13-3-5-19-45-41)44-38-18-16-36(28-40(38)52(43(37)44)42-14-4-6-20-46-42)54-34-12-8-10-32(26-34)50-24-22-48(2)30-50/h3-28H,29-30H2,1-2H3. The minimum absolute atomic E-state index is 0.730. The fourth-order valence-corrected chi connectivity index (χ4v) is 7.43. The summed E-state index contributed by atoms with van der Waals surface area (Å²) in [5.41, 5.74) is 6.13. The summed E-state index contributed by atoms with van der Waals surface area (Å²) in [6.45, 7) is 1.59. The lowest BCUT2D eigenvalue weighted by Gasteiger charge is -2.19. The van der Waals surface area contributed by atoms with Crippen LogP contribution in [0.3, 0.4) is 0 Å². The fourth-order valence-electron chi connectivity index (χ4n) is 7.43. The number of aromatic nitrogens is 4. The maximum atomic E-state index is 6.55. The average Bonchev–Trinajstić information content (AvgIpc) is 3.99. The Kier molecular flexibility index (Phi) is 7.46. The Morgan fingerprint density at radius 3 is 1.33 bits per heavy atom. The van der Waals surface area contributed by atoms with Crippen molar-refractivity contribution in [3.8, 4) is 34.6 Å². The molecule has 4 aromatic heterocycles. The molecule has 2 aliphatic rings. The van der Waals surface area contributed by atoms with Gasteiger partial charge in [0.05, 0.1) is 35.4 Å². The molecular formula is C44H36N8O2. The van der Waals surface area contributed by atoms with Crippen molar-refractivity contribution in [1.29, 1.82) is 0 Å². The van der Waals surface area contributed by atoms with Gasteiger partial charge in [0.15, 0.2) is 0 Å². The second-order valence-corrected chi connectivity index (χ2v) is 13.6. The third kappa shape index (κ3) is 5.52. The zero-order valence-corrected chi connectivity index (χ0v) is 29.8. The molecule has 0 unspecified atom stereocenters. The SMILES string of the molecule is CN1C=CN(c2cccc(Oc3ccc4c(c3)n(-c3ccccn3)c3c5ccc(Oc6cccc(N7C=CN(C)C7)c6)cc5n(-c5ccccn5)c43)c2)C1. The molecule has 0 aliphatic carbocycles. The van der Waals surface area contributed by atoms with Gasteiger partial charge < -0.3 is 29.1 Å². The van der Waals surface area contributed by atoms with Crippen LogP contribution in [0.25, 0.3) is 44.5 Å². The summed E-state index contributed by atoms with van der Waals surface area (Å²) >= 11 is 0. The van der Waals surface area contributed by atoms with E-state index in [1.807, 2.05) is 85.2 Å². The van der Waals surface area contributed by atoms with Crippen molar-refractivity contribution < 1.29 is 9.47 Å². The molecule has 264 valence electrons. The first-order valence-corrected chi connectivity index (χ1v) is 17.9. The van der Waals surface area contributed by atoms with Gasteiger partial charge >= 0.3 is 0 Å². The van der Waals surface area contributed by atoms with Gasteiger partial charge in [-0.1, -0.05) is 24.3 Å². The molecule has 54 heavy (non-hydrogen) atoms. The highest BCUT2D eigenvalue weighted by atomic mass is 16.5. The number of rotatable bonds is 8. The third-order valence-corrected chi connectivity index (χ3v) is 9.88. The molecule has 10 nitrogen and oxygen atoms in total. The number of nitrogens with zero attached hydrogens (tertiary/aromatic N) is 8. The molecule has 0 saturated carbocycles. The Labute approximate surface area is 312 Å². The van der Waals surface area contributed by atoms with E-state index in [9.17, 15) is 0 Å². The van der Waals surface area contributed by atoms with Crippen LogP contribution in [0, 0.1) is 0 Å². The molecule has 0 fully saturated rings. The predicted molar refractivity (Wildman–Crippen MR) is 215 cm³/mol. The molecule has 0 radical (unpaired) electrons. The van der Waals surface area contributed by atoms with Crippen LogP contribution in [0.4, 0.5) is 11.4 Å². The molecular weight excluding hydrogens is 673 g/mol. The van der Waals surface area contributed by atoms with E-state index in [0.29, 0.717) is 0 Å². The Balaban J connectivity index is 1.12. The first-order valence-electron chi connectivity index (χ1n) is 17.9. The molecule has 2 aliphatic heterocycles. The van der Waals surface area contributed by atoms with E-state index in [2.05, 4.69) is 116 Å². The number of anilines is 2. The smallest absolute Gasteiger partial charge is 0.137 e. The molecule has 4 aromatic carbocycles. The van der Waals surface area contributed by atoms with E-state index in [1.165, 1.54) is 0 Å². The summed E-state index contributed by atoms with van der Waals surface area (Å²) in [6, 6.07) is 40.9. The van der Waals surface area contributed by atoms with Gasteiger partial charge in [0.25, 0.3) is 0 Å². The molecule has 0 amide bonds. The van der Waals surface area contributed by atoms with E-state index in [-0.39, 0.29) is 0 Å². The molecule has 0 spiro atoms. The van der Waals surface area contributed by atoms with Crippen LogP contribution in [-0.2, 0) is 0 Å². The molecule has 8 aromatic rings. The molecule has 10 heteroatoms. The Morgan fingerprint density at radius 1 is 0.463 bits per heavy atom. The fraction of sp³-hybridized carbons (Fsp3) is 0.0909. The Hall–Kier alpha value is -7.20. The van der Waals surface area contributed by atoms with Gasteiger partial charge in [0.1, 0.15) is 34.6 Å². The Bertz CT molecular complexity index is 2550. The van der Waals surface area contributed by atoms with Crippen molar-refractivity contribution in [1.82, 2.24) is 28.9 Å². The van der Waals surface area contributed by atoms with Gasteiger partial charge in [-0.2, -0.15) is 0 Å². The lowest BCUT2D eigenvalue weighted by Crippen LogP contribution is -2.21. The summed E-state index contributed by atoms with van der Waals surface area (Å²) in [7, 11) is 4.12. The molecule has 10 rings (SSSR count). The predicted octanol–water partition coefficient (Wildman–Crippen LogP) is 9.46. The number of pyridine rings is 2. The molecule has 0 bridgehead atoms. The van der Waals surface area contributed by atoms with E-state index in [0.717, 1.165) is 92.2 Å². The minimum atomic E-state index is 0.730. The number of hydrogen-bond acceptors (Lipinski definition) is 8. The van der Waals surface area contributed by atoms with Gasteiger partial charge in [-0.05, 0) is 72.8 Å². The highest BCUT2D eigenvalue weighted by Gasteiger charge is 2.24. The highest BCUT2D eigenvalue weighted by Crippen LogP contribution is 2.43. The second kappa shape index (κ2) is 12.8. The van der Waals surface area contributed by atoms with Crippen molar-refractivity contribution in [3.05, 3.63) is 159 Å². The van der Waals surface area contributed by atoms with Crippen LogP contribution < -0.4 is 19.3 Å². The zero-order chi connectivity index (χ0) is 36.2. The highest BCUT2D eigenvalue weighted by molar-refractivity contribution is 6.20. The molecule has 6 heterocycles. The monoisotopic (exact) mass is 708 g/mol. The van der Waals surface area contributed by atoms with Crippen LogP contribution in [0.1, 0.15) is 0 Å². The number of fused-ring (bicyclic) bond motifs is 5. The quantitative estimate of drug-likeness (QED) is 0.155. The van der Waals surface area contributed by atoms with Crippen LogP contribution in [0.2, 0.25) is 0 Å². The van der Waals surface area contributed by atoms with Crippen molar-refractivity contribution in [2.75, 3.05) is 37.2 Å². The van der Waals surface area contributed by atoms with Crippen LogP contribution in [0.5, 0.6) is 23.0 Å². The van der Waals surface area contributed by atoms with Gasteiger partial charge in [-0.3, -0.25) is 9.13 Å². The number of ether oxygens (including phenoxy) is 2. The minimum Gasteiger partial charge on any atom is -0.457 e. The van der Waals surface area contributed by atoms with Crippen molar-refractivity contribution >= 4 is 44.2 Å². The molecule has 0 N–H and O–H groups in total. The van der Waals surface area contributed by atoms with Gasteiger partial charge in [0.2, 0.25) is 0 Å². The largest absolute Gasteiger partial charge is 0.457 e. The average molecular weight is 709 g/mol. The van der Waals surface area contributed by atoms with Crippen molar-refractivity contribution in [2.45, 2.75) is 0 Å². The second-order valence-electron chi connectivity index (χ2n) is 13.6. The topological polar surface area (TPSA) is 67.1 Å². The van der Waals surface area contributed by atoms with Crippen LogP contribution in [-0.4, -0.2) is 56.3 Å². The normalized spacial score (nSPS) is 14.0. The van der Waals surface area contributed by atoms with Gasteiger partial charge in [0, 0.05) is 97.7 Å². The van der Waals surface area contributed by atoms with E-state index >= 15 is 0 Å². The summed E-state index contributed by atoms with van der Waals surface area (Å²) in [5, 5.41) is 2.09. The lowest BCUT2D eigenvalue weighted by atomic mass is 10.2.